The molecule has 2 atom stereocenters. The highest BCUT2D eigenvalue weighted by molar-refractivity contribution is 7.15. The van der Waals surface area contributed by atoms with Crippen molar-refractivity contribution in [3.05, 3.63) is 10.6 Å². The molecule has 0 aliphatic carbocycles. The zero-order valence-electron chi connectivity index (χ0n) is 11.0. The Labute approximate surface area is 111 Å². The monoisotopic (exact) mass is 272 g/mol. The van der Waals surface area contributed by atoms with Crippen LogP contribution in [0.3, 0.4) is 0 Å². The first-order valence-corrected chi connectivity index (χ1v) is 6.91. The van der Waals surface area contributed by atoms with Crippen LogP contribution in [0.5, 0.6) is 0 Å². The van der Waals surface area contributed by atoms with E-state index in [0.717, 1.165) is 28.7 Å². The summed E-state index contributed by atoms with van der Waals surface area (Å²) in [7, 11) is 3.67. The van der Waals surface area contributed by atoms with E-state index in [2.05, 4.69) is 16.8 Å². The molecule has 0 saturated carbocycles. The van der Waals surface area contributed by atoms with Crippen molar-refractivity contribution in [1.29, 1.82) is 0 Å². The number of rotatable bonds is 5. The summed E-state index contributed by atoms with van der Waals surface area (Å²) in [5.41, 5.74) is 0.832. The molecule has 1 aliphatic heterocycles. The molecule has 5 nitrogen and oxygen atoms in total. The van der Waals surface area contributed by atoms with E-state index in [4.69, 9.17) is 9.47 Å². The summed E-state index contributed by atoms with van der Waals surface area (Å²) in [5, 5.41) is 10.3. The van der Waals surface area contributed by atoms with Crippen LogP contribution < -0.4 is 4.90 Å². The van der Waals surface area contributed by atoms with Gasteiger partial charge in [-0.15, -0.1) is 0 Å². The van der Waals surface area contributed by atoms with E-state index < -0.39 is 0 Å². The number of hydrogen-bond acceptors (Lipinski definition) is 6. The molecule has 0 spiro atoms. The van der Waals surface area contributed by atoms with Crippen molar-refractivity contribution in [1.82, 2.24) is 4.98 Å². The number of nitrogens with zero attached hydrogens (tertiary/aromatic N) is 2. The lowest BCUT2D eigenvalue weighted by Gasteiger charge is -2.26. The normalized spacial score (nSPS) is 23.6. The highest BCUT2D eigenvalue weighted by Crippen LogP contribution is 2.30. The Bertz CT molecular complexity index is 397. The van der Waals surface area contributed by atoms with Crippen LogP contribution in [0.2, 0.25) is 0 Å². The van der Waals surface area contributed by atoms with Crippen molar-refractivity contribution < 1.29 is 14.6 Å². The van der Waals surface area contributed by atoms with Gasteiger partial charge in [-0.25, -0.2) is 4.98 Å². The van der Waals surface area contributed by atoms with Crippen LogP contribution in [0.4, 0.5) is 5.13 Å². The first kappa shape index (κ1) is 13.7. The van der Waals surface area contributed by atoms with Crippen molar-refractivity contribution in [3.8, 4) is 0 Å². The molecule has 0 aromatic carbocycles. The van der Waals surface area contributed by atoms with Gasteiger partial charge in [-0.05, 0) is 13.3 Å². The minimum Gasteiger partial charge on any atom is -0.391 e. The molecular formula is C12H20N2O3S. The van der Waals surface area contributed by atoms with Crippen LogP contribution in [0, 0.1) is 0 Å². The largest absolute Gasteiger partial charge is 0.391 e. The summed E-state index contributed by atoms with van der Waals surface area (Å²) < 4.78 is 10.7. The molecule has 2 unspecified atom stereocenters. The Morgan fingerprint density at radius 2 is 2.39 bits per heavy atom. The summed E-state index contributed by atoms with van der Waals surface area (Å²) in [6.07, 6.45) is 1.24. The average molecular weight is 272 g/mol. The first-order valence-electron chi connectivity index (χ1n) is 6.10. The molecule has 2 rings (SSSR count). The third kappa shape index (κ3) is 2.66. The van der Waals surface area contributed by atoms with E-state index in [9.17, 15) is 5.11 Å². The smallest absolute Gasteiger partial charge is 0.186 e. The average Bonchev–Trinajstić information content (AvgIpc) is 2.95. The quantitative estimate of drug-likeness (QED) is 0.878. The van der Waals surface area contributed by atoms with E-state index in [1.54, 1.807) is 7.11 Å². The number of aliphatic hydroxyl groups excluding tert-OH is 1. The lowest BCUT2D eigenvalue weighted by Crippen LogP contribution is -2.36. The number of likely N-dealkylation sites (N-methyl/N-ethyl adjacent to an activating group) is 1. The van der Waals surface area contributed by atoms with Gasteiger partial charge in [0.05, 0.1) is 35.9 Å². The Morgan fingerprint density at radius 1 is 1.61 bits per heavy atom. The van der Waals surface area contributed by atoms with Crippen LogP contribution in [0.1, 0.15) is 23.9 Å². The van der Waals surface area contributed by atoms with E-state index in [1.165, 1.54) is 11.3 Å². The second-order valence-corrected chi connectivity index (χ2v) is 5.56. The molecule has 1 saturated heterocycles. The number of aliphatic hydroxyl groups is 1. The first-order chi connectivity index (χ1) is 8.67. The summed E-state index contributed by atoms with van der Waals surface area (Å²) in [5.74, 6) is 0. The summed E-state index contributed by atoms with van der Waals surface area (Å²) >= 11 is 1.53. The fraction of sp³-hybridized carbons (Fsp3) is 0.750. The maximum atomic E-state index is 9.33. The second-order valence-electron chi connectivity index (χ2n) is 4.50. The van der Waals surface area contributed by atoms with E-state index >= 15 is 0 Å². The lowest BCUT2D eigenvalue weighted by atomic mass is 10.1. The predicted octanol–water partition coefficient (Wildman–Crippen LogP) is 1.40. The molecule has 1 fully saturated rings. The van der Waals surface area contributed by atoms with E-state index in [0.29, 0.717) is 12.6 Å². The zero-order chi connectivity index (χ0) is 13.1. The number of methoxy groups -OCH3 is 1. The van der Waals surface area contributed by atoms with Crippen molar-refractivity contribution in [2.24, 2.45) is 0 Å². The van der Waals surface area contributed by atoms with E-state index in [-0.39, 0.29) is 12.7 Å². The van der Waals surface area contributed by atoms with Gasteiger partial charge in [0.2, 0.25) is 0 Å². The highest BCUT2D eigenvalue weighted by Gasteiger charge is 2.29. The van der Waals surface area contributed by atoms with Gasteiger partial charge < -0.3 is 19.5 Å². The van der Waals surface area contributed by atoms with Crippen LogP contribution in [0.15, 0.2) is 0 Å². The molecule has 102 valence electrons. The fourth-order valence-corrected chi connectivity index (χ4v) is 3.21. The van der Waals surface area contributed by atoms with Crippen LogP contribution in [-0.2, 0) is 22.7 Å². The van der Waals surface area contributed by atoms with E-state index in [1.807, 2.05) is 7.05 Å². The fourth-order valence-electron chi connectivity index (χ4n) is 2.26. The molecule has 1 aromatic heterocycles. The molecule has 6 heteroatoms. The molecule has 0 amide bonds. The van der Waals surface area contributed by atoms with Crippen LogP contribution in [0.25, 0.3) is 0 Å². The van der Waals surface area contributed by atoms with Crippen molar-refractivity contribution in [3.63, 3.8) is 0 Å². The minimum absolute atomic E-state index is 0.0148. The molecular weight excluding hydrogens is 252 g/mol. The topological polar surface area (TPSA) is 54.8 Å². The molecule has 0 radical (unpaired) electrons. The van der Waals surface area contributed by atoms with Gasteiger partial charge in [0.1, 0.15) is 0 Å². The number of anilines is 1. The van der Waals surface area contributed by atoms with Gasteiger partial charge in [-0.1, -0.05) is 11.3 Å². The van der Waals surface area contributed by atoms with Crippen molar-refractivity contribution in [2.45, 2.75) is 38.7 Å². The molecule has 1 N–H and O–H groups in total. The minimum atomic E-state index is 0.0148. The SMILES string of the molecule is COCc1nc(N(C)C2CCOC2C)sc1CO. The molecule has 2 heterocycles. The summed E-state index contributed by atoms with van der Waals surface area (Å²) in [4.78, 5) is 7.59. The highest BCUT2D eigenvalue weighted by atomic mass is 32.1. The predicted molar refractivity (Wildman–Crippen MR) is 71.0 cm³/mol. The molecule has 0 bridgehead atoms. The Morgan fingerprint density at radius 3 is 2.94 bits per heavy atom. The Kier molecular flexibility index (Phi) is 4.55. The maximum Gasteiger partial charge on any atom is 0.186 e. The summed E-state index contributed by atoms with van der Waals surface area (Å²) in [6, 6.07) is 0.359. The number of aromatic nitrogens is 1. The van der Waals surface area contributed by atoms with Gasteiger partial charge in [-0.3, -0.25) is 0 Å². The zero-order valence-corrected chi connectivity index (χ0v) is 11.9. The standard InChI is InChI=1S/C12H20N2O3S/c1-8-10(4-5-17-8)14(2)12-13-9(7-16-3)11(6-15)18-12/h8,10,15H,4-7H2,1-3H3. The van der Waals surface area contributed by atoms with Gasteiger partial charge in [-0.2, -0.15) is 0 Å². The Hall–Kier alpha value is -0.690. The van der Waals surface area contributed by atoms with Gasteiger partial charge >= 0.3 is 0 Å². The maximum absolute atomic E-state index is 9.33. The van der Waals surface area contributed by atoms with Gasteiger partial charge in [0.25, 0.3) is 0 Å². The van der Waals surface area contributed by atoms with Crippen LogP contribution >= 0.6 is 11.3 Å². The summed E-state index contributed by atoms with van der Waals surface area (Å²) in [6.45, 7) is 3.35. The number of hydrogen-bond donors (Lipinski definition) is 1. The number of thiazole rings is 1. The molecule has 18 heavy (non-hydrogen) atoms. The second kappa shape index (κ2) is 5.97. The van der Waals surface area contributed by atoms with Gasteiger partial charge in [0.15, 0.2) is 5.13 Å². The Balaban J connectivity index is 2.16. The van der Waals surface area contributed by atoms with Gasteiger partial charge in [0, 0.05) is 20.8 Å². The lowest BCUT2D eigenvalue weighted by molar-refractivity contribution is 0.118. The molecule has 1 aliphatic rings. The van der Waals surface area contributed by atoms with Crippen molar-refractivity contribution >= 4 is 16.5 Å². The van der Waals surface area contributed by atoms with Crippen LogP contribution in [-0.4, -0.2) is 43.0 Å². The van der Waals surface area contributed by atoms with Crippen molar-refractivity contribution in [2.75, 3.05) is 25.7 Å². The third-order valence-corrected chi connectivity index (χ3v) is 4.50. The molecule has 1 aromatic rings. The third-order valence-electron chi connectivity index (χ3n) is 3.33. The number of ether oxygens (including phenoxy) is 2.